The van der Waals surface area contributed by atoms with Gasteiger partial charge in [-0.1, -0.05) is 35.1 Å². The van der Waals surface area contributed by atoms with Crippen LogP contribution in [0, 0.1) is 76.9 Å². The fourth-order valence-corrected chi connectivity index (χ4v) is 12.1. The molecule has 6 aliphatic rings. The molecule has 6 rings (SSSR count). The van der Waals surface area contributed by atoms with Crippen LogP contribution in [0.3, 0.4) is 0 Å². The van der Waals surface area contributed by atoms with Crippen LogP contribution >= 0.6 is 0 Å². The molecule has 3 N–H and O–H groups in total. The van der Waals surface area contributed by atoms with Crippen LogP contribution in [0.2, 0.25) is 0 Å². The smallest absolute Gasteiger partial charge is 0.303 e. The molecule has 0 aromatic heterocycles. The Morgan fingerprint density at radius 3 is 2.05 bits per heavy atom. The number of rotatable bonds is 3. The molecular formula is C37H62O6. The van der Waals surface area contributed by atoms with Crippen molar-refractivity contribution in [1.29, 1.82) is 0 Å². The van der Waals surface area contributed by atoms with Crippen molar-refractivity contribution in [2.75, 3.05) is 7.11 Å². The van der Waals surface area contributed by atoms with Gasteiger partial charge in [0.2, 0.25) is 0 Å². The lowest BCUT2D eigenvalue weighted by atomic mass is 9.46. The molecule has 5 aliphatic carbocycles. The number of carbonyl (C=O) groups excluding carboxylic acids is 1. The molecule has 6 heteroatoms. The number of aliphatic hydroxyl groups is 3. The van der Waals surface area contributed by atoms with Crippen molar-refractivity contribution >= 4 is 5.97 Å². The van der Waals surface area contributed by atoms with Gasteiger partial charge in [0, 0.05) is 14.0 Å². The van der Waals surface area contributed by atoms with E-state index in [1.54, 1.807) is 13.8 Å². The average Bonchev–Trinajstić information content (AvgIpc) is 3.34. The maximum absolute atomic E-state index is 11.8. The van der Waals surface area contributed by atoms with Crippen molar-refractivity contribution in [2.24, 2.45) is 51.2 Å². The lowest BCUT2D eigenvalue weighted by Gasteiger charge is -2.59. The zero-order valence-corrected chi connectivity index (χ0v) is 27.4. The Hall–Kier alpha value is -1.57. The summed E-state index contributed by atoms with van der Waals surface area (Å²) in [5, 5.41) is 28.7. The van der Waals surface area contributed by atoms with E-state index in [4.69, 9.17) is 14.6 Å². The summed E-state index contributed by atoms with van der Waals surface area (Å²) in [6.07, 6.45) is 25.6. The Labute approximate surface area is 263 Å². The molecule has 246 valence electrons. The summed E-state index contributed by atoms with van der Waals surface area (Å²) in [7, 11) is 1.00. The second-order valence-corrected chi connectivity index (χ2v) is 15.3. The molecular weight excluding hydrogens is 540 g/mol. The number of esters is 1. The quantitative estimate of drug-likeness (QED) is 0.261. The lowest BCUT2D eigenvalue weighted by Crippen LogP contribution is -2.54. The maximum Gasteiger partial charge on any atom is 0.303 e. The summed E-state index contributed by atoms with van der Waals surface area (Å²) in [4.78, 5) is 11.8. The topological polar surface area (TPSA) is 96.2 Å². The van der Waals surface area contributed by atoms with Crippen LogP contribution < -0.4 is 0 Å². The molecule has 6 nitrogen and oxygen atoms in total. The van der Waals surface area contributed by atoms with Gasteiger partial charge in [-0.05, 0) is 123 Å². The molecule has 1 heterocycles. The summed E-state index contributed by atoms with van der Waals surface area (Å²) in [5.41, 5.74) is 0.0904. The third kappa shape index (κ3) is 5.27. The van der Waals surface area contributed by atoms with Crippen molar-refractivity contribution in [3.05, 3.63) is 0 Å². The van der Waals surface area contributed by atoms with Crippen molar-refractivity contribution in [3.8, 4) is 25.7 Å². The van der Waals surface area contributed by atoms with E-state index < -0.39 is 11.7 Å². The Morgan fingerprint density at radius 2 is 1.49 bits per heavy atom. The van der Waals surface area contributed by atoms with Crippen LogP contribution in [0.1, 0.15) is 114 Å². The van der Waals surface area contributed by atoms with Crippen LogP contribution in [-0.4, -0.2) is 58.4 Å². The van der Waals surface area contributed by atoms with Crippen molar-refractivity contribution in [2.45, 2.75) is 144 Å². The Bertz CT molecular complexity index is 1000. The minimum absolute atomic E-state index is 0. The first kappa shape index (κ1) is 37.6. The van der Waals surface area contributed by atoms with E-state index in [1.807, 2.05) is 0 Å². The summed E-state index contributed by atoms with van der Waals surface area (Å²) in [6.45, 7) is 14.7. The first-order valence-corrected chi connectivity index (χ1v) is 16.1. The molecule has 0 aromatic carbocycles. The molecule has 2 spiro atoms. The molecule has 12 atom stereocenters. The first-order chi connectivity index (χ1) is 19.7. The standard InChI is InChI=1S/C31H50O5.2C2H2.CH4O.CH4/c1-17-30-15-14-29(7)20-8-10-22(26(28(5,6)34)35-18(2)32)36-23(20)16-21(29)19(30)9-11-24-27(3,4)25(33)12-13-31(17,24)30;3*1-2;/h17,19-26,33-34H,8-16H2,1-7H3;2*1-2H;2H,1H3;1H4/t17-,19-,20?,21?,22+,23?,24?,25-,26-,29+,30-,31?;;;;/m0..../s1. The first-order valence-electron chi connectivity index (χ1n) is 16.1. The number of fused-ring (bicyclic) bond motifs is 4. The van der Waals surface area contributed by atoms with E-state index >= 15 is 0 Å². The van der Waals surface area contributed by atoms with Gasteiger partial charge in [0.1, 0.15) is 0 Å². The van der Waals surface area contributed by atoms with Gasteiger partial charge in [-0.15, -0.1) is 25.7 Å². The fourth-order valence-electron chi connectivity index (χ4n) is 12.1. The van der Waals surface area contributed by atoms with Gasteiger partial charge < -0.3 is 24.8 Å². The van der Waals surface area contributed by atoms with Crippen LogP contribution in [0.15, 0.2) is 0 Å². The summed E-state index contributed by atoms with van der Waals surface area (Å²) in [5.74, 6) is 3.06. The third-order valence-corrected chi connectivity index (χ3v) is 13.6. The lowest BCUT2D eigenvalue weighted by molar-refractivity contribution is -0.200. The number of aliphatic hydroxyl groups excluding tert-OH is 2. The number of hydrogen-bond donors (Lipinski definition) is 3. The normalized spacial score (nSPS) is 45.2. The zero-order chi connectivity index (χ0) is 32.1. The van der Waals surface area contributed by atoms with Gasteiger partial charge >= 0.3 is 5.97 Å². The van der Waals surface area contributed by atoms with Gasteiger partial charge in [-0.3, -0.25) is 4.79 Å². The molecule has 1 aliphatic heterocycles. The summed E-state index contributed by atoms with van der Waals surface area (Å²) in [6, 6.07) is 0. The zero-order valence-electron chi connectivity index (χ0n) is 27.4. The molecule has 6 fully saturated rings. The second kappa shape index (κ2) is 13.0. The predicted molar refractivity (Wildman–Crippen MR) is 173 cm³/mol. The highest BCUT2D eigenvalue weighted by atomic mass is 16.6. The molecule has 5 saturated carbocycles. The molecule has 43 heavy (non-hydrogen) atoms. The number of ether oxygens (including phenoxy) is 2. The van der Waals surface area contributed by atoms with Gasteiger partial charge in [-0.25, -0.2) is 0 Å². The van der Waals surface area contributed by atoms with E-state index in [0.717, 1.165) is 44.6 Å². The molecule has 1 saturated heterocycles. The largest absolute Gasteiger partial charge is 0.457 e. The minimum Gasteiger partial charge on any atom is -0.457 e. The average molecular weight is 603 g/mol. The Kier molecular flexibility index (Phi) is 11.4. The van der Waals surface area contributed by atoms with E-state index in [2.05, 4.69) is 53.4 Å². The summed E-state index contributed by atoms with van der Waals surface area (Å²) >= 11 is 0. The monoisotopic (exact) mass is 602 g/mol. The molecule has 0 aromatic rings. The van der Waals surface area contributed by atoms with Crippen LogP contribution in [0.4, 0.5) is 0 Å². The van der Waals surface area contributed by atoms with Crippen LogP contribution in [0.25, 0.3) is 0 Å². The maximum atomic E-state index is 11.8. The van der Waals surface area contributed by atoms with Crippen LogP contribution in [-0.2, 0) is 14.3 Å². The SMILES string of the molecule is C.C#C.C#C.CC(=O)O[C@@H]([C@H]1CCC2C(CC3[C@@H]4CCC5C(C)(C)[C@@H](O)CCC56[C@@H](C)[C@@]46CC[C@]23C)O1)C(C)(C)O.CO. The van der Waals surface area contributed by atoms with Gasteiger partial charge in [0.25, 0.3) is 0 Å². The van der Waals surface area contributed by atoms with Crippen molar-refractivity contribution < 1.29 is 29.6 Å². The van der Waals surface area contributed by atoms with E-state index in [-0.39, 0.29) is 37.1 Å². The highest BCUT2D eigenvalue weighted by Gasteiger charge is 2.84. The fraction of sp³-hybridized carbons (Fsp3) is 0.865. The van der Waals surface area contributed by atoms with Gasteiger partial charge in [0.15, 0.2) is 6.10 Å². The molecule has 0 amide bonds. The highest BCUT2D eigenvalue weighted by molar-refractivity contribution is 5.66. The minimum atomic E-state index is -1.13. The van der Waals surface area contributed by atoms with Gasteiger partial charge in [0.05, 0.1) is 23.9 Å². The Balaban J connectivity index is 0.000000870. The predicted octanol–water partition coefficient (Wildman–Crippen LogP) is 6.25. The number of terminal acetylenes is 2. The molecule has 5 unspecified atom stereocenters. The van der Waals surface area contributed by atoms with Crippen molar-refractivity contribution in [1.82, 2.24) is 0 Å². The number of hydrogen-bond acceptors (Lipinski definition) is 6. The Morgan fingerprint density at radius 1 is 0.907 bits per heavy atom. The van der Waals surface area contributed by atoms with E-state index in [1.165, 1.54) is 39.0 Å². The van der Waals surface area contributed by atoms with Gasteiger partial charge in [-0.2, -0.15) is 0 Å². The number of carbonyl (C=O) groups is 1. The van der Waals surface area contributed by atoms with E-state index in [0.29, 0.717) is 34.0 Å². The third-order valence-electron chi connectivity index (χ3n) is 13.6. The highest BCUT2D eigenvalue weighted by Crippen LogP contribution is 2.89. The van der Waals surface area contributed by atoms with Crippen LogP contribution in [0.5, 0.6) is 0 Å². The molecule has 0 radical (unpaired) electrons. The van der Waals surface area contributed by atoms with Crippen molar-refractivity contribution in [3.63, 3.8) is 0 Å². The van der Waals surface area contributed by atoms with E-state index in [9.17, 15) is 15.0 Å². The summed E-state index contributed by atoms with van der Waals surface area (Å²) < 4.78 is 12.4. The molecule has 0 bridgehead atoms. The second-order valence-electron chi connectivity index (χ2n) is 15.3.